The van der Waals surface area contributed by atoms with Crippen LogP contribution in [0.25, 0.3) is 0 Å². The highest BCUT2D eigenvalue weighted by molar-refractivity contribution is 5.82. The molecule has 1 aromatic carbocycles. The third-order valence-corrected chi connectivity index (χ3v) is 3.86. The Balaban J connectivity index is 1.81. The van der Waals surface area contributed by atoms with Gasteiger partial charge < -0.3 is 0 Å². The van der Waals surface area contributed by atoms with Gasteiger partial charge in [0.1, 0.15) is 5.78 Å². The van der Waals surface area contributed by atoms with E-state index in [9.17, 15) is 4.79 Å². The standard InChI is InChI=1S/C13H14O/c14-11-6-10-7-12(13(10)8-11)9-4-2-1-3-5-9/h1-5,10,12-13H,6-8H2/t10-,12+,13-/m0/s1. The molecule has 0 unspecified atom stereocenters. The van der Waals surface area contributed by atoms with Gasteiger partial charge in [-0.3, -0.25) is 4.79 Å². The van der Waals surface area contributed by atoms with Gasteiger partial charge in [0.15, 0.2) is 0 Å². The minimum atomic E-state index is 0.485. The fourth-order valence-corrected chi connectivity index (χ4v) is 3.07. The Hall–Kier alpha value is -1.11. The molecule has 2 fully saturated rings. The van der Waals surface area contributed by atoms with Gasteiger partial charge in [0.25, 0.3) is 0 Å². The number of hydrogen-bond acceptors (Lipinski definition) is 1. The molecule has 1 heteroatoms. The lowest BCUT2D eigenvalue weighted by Gasteiger charge is -2.40. The lowest BCUT2D eigenvalue weighted by atomic mass is 9.64. The molecular formula is C13H14O. The van der Waals surface area contributed by atoms with E-state index in [-0.39, 0.29) is 0 Å². The molecule has 0 amide bonds. The van der Waals surface area contributed by atoms with E-state index in [1.165, 1.54) is 12.0 Å². The lowest BCUT2D eigenvalue weighted by Crippen LogP contribution is -2.30. The summed E-state index contributed by atoms with van der Waals surface area (Å²) in [7, 11) is 0. The zero-order valence-corrected chi connectivity index (χ0v) is 8.15. The third kappa shape index (κ3) is 1.12. The van der Waals surface area contributed by atoms with Crippen molar-refractivity contribution in [3.8, 4) is 0 Å². The Morgan fingerprint density at radius 3 is 2.57 bits per heavy atom. The molecule has 0 radical (unpaired) electrons. The average Bonchev–Trinajstić information content (AvgIpc) is 2.47. The lowest BCUT2D eigenvalue weighted by molar-refractivity contribution is -0.117. The quantitative estimate of drug-likeness (QED) is 0.659. The van der Waals surface area contributed by atoms with Crippen LogP contribution in [0.3, 0.4) is 0 Å². The highest BCUT2D eigenvalue weighted by atomic mass is 16.1. The highest BCUT2D eigenvalue weighted by Gasteiger charge is 2.47. The van der Waals surface area contributed by atoms with E-state index < -0.39 is 0 Å². The average molecular weight is 186 g/mol. The molecule has 14 heavy (non-hydrogen) atoms. The van der Waals surface area contributed by atoms with Crippen LogP contribution in [0.15, 0.2) is 30.3 Å². The van der Waals surface area contributed by atoms with E-state index in [2.05, 4.69) is 30.3 Å². The van der Waals surface area contributed by atoms with Gasteiger partial charge in [0.05, 0.1) is 0 Å². The molecule has 2 aliphatic carbocycles. The van der Waals surface area contributed by atoms with Crippen LogP contribution < -0.4 is 0 Å². The topological polar surface area (TPSA) is 17.1 Å². The molecule has 3 atom stereocenters. The second-order valence-corrected chi connectivity index (χ2v) is 4.62. The number of fused-ring (bicyclic) bond motifs is 1. The molecule has 0 N–H and O–H groups in total. The Morgan fingerprint density at radius 2 is 1.86 bits per heavy atom. The Labute approximate surface area is 84.1 Å². The maximum absolute atomic E-state index is 11.3. The van der Waals surface area contributed by atoms with Crippen molar-refractivity contribution in [3.05, 3.63) is 35.9 Å². The van der Waals surface area contributed by atoms with Gasteiger partial charge in [-0.15, -0.1) is 0 Å². The zero-order valence-electron chi connectivity index (χ0n) is 8.15. The smallest absolute Gasteiger partial charge is 0.133 e. The predicted molar refractivity (Wildman–Crippen MR) is 55.0 cm³/mol. The number of rotatable bonds is 1. The third-order valence-electron chi connectivity index (χ3n) is 3.86. The van der Waals surface area contributed by atoms with Gasteiger partial charge in [-0.1, -0.05) is 30.3 Å². The van der Waals surface area contributed by atoms with Crippen molar-refractivity contribution in [1.29, 1.82) is 0 Å². The van der Waals surface area contributed by atoms with Gasteiger partial charge in [-0.25, -0.2) is 0 Å². The van der Waals surface area contributed by atoms with E-state index >= 15 is 0 Å². The summed E-state index contributed by atoms with van der Waals surface area (Å²) < 4.78 is 0. The van der Waals surface area contributed by atoms with Gasteiger partial charge in [-0.05, 0) is 29.7 Å². The maximum atomic E-state index is 11.3. The minimum absolute atomic E-state index is 0.485. The molecule has 0 aromatic heterocycles. The van der Waals surface area contributed by atoms with Crippen molar-refractivity contribution in [2.75, 3.05) is 0 Å². The van der Waals surface area contributed by atoms with Gasteiger partial charge >= 0.3 is 0 Å². The first kappa shape index (κ1) is 8.22. The molecule has 0 saturated heterocycles. The van der Waals surface area contributed by atoms with E-state index in [1.54, 1.807) is 0 Å². The fourth-order valence-electron chi connectivity index (χ4n) is 3.07. The van der Waals surface area contributed by atoms with Crippen LogP contribution in [0.2, 0.25) is 0 Å². The normalized spacial score (nSPS) is 35.1. The zero-order chi connectivity index (χ0) is 9.54. The van der Waals surface area contributed by atoms with Crippen LogP contribution in [-0.4, -0.2) is 5.78 Å². The molecule has 3 rings (SSSR count). The van der Waals surface area contributed by atoms with Crippen LogP contribution in [0, 0.1) is 11.8 Å². The molecule has 0 spiro atoms. The predicted octanol–water partition coefficient (Wildman–Crippen LogP) is 2.77. The van der Waals surface area contributed by atoms with Crippen molar-refractivity contribution in [2.24, 2.45) is 11.8 Å². The fraction of sp³-hybridized carbons (Fsp3) is 0.462. The molecule has 0 aliphatic heterocycles. The number of ketones is 1. The molecule has 1 nitrogen and oxygen atoms in total. The molecule has 0 heterocycles. The summed E-state index contributed by atoms with van der Waals surface area (Å²) in [5.74, 6) is 2.55. The summed E-state index contributed by atoms with van der Waals surface area (Å²) in [5, 5.41) is 0. The first-order valence-electron chi connectivity index (χ1n) is 5.41. The number of hydrogen-bond donors (Lipinski definition) is 0. The van der Waals surface area contributed by atoms with Crippen molar-refractivity contribution in [1.82, 2.24) is 0 Å². The van der Waals surface area contributed by atoms with Crippen LogP contribution in [0.4, 0.5) is 0 Å². The molecule has 72 valence electrons. The summed E-state index contributed by atoms with van der Waals surface area (Å²) in [6.45, 7) is 0. The second kappa shape index (κ2) is 2.94. The first-order chi connectivity index (χ1) is 6.84. The van der Waals surface area contributed by atoms with Gasteiger partial charge in [0, 0.05) is 12.8 Å². The van der Waals surface area contributed by atoms with Crippen molar-refractivity contribution in [3.63, 3.8) is 0 Å². The minimum Gasteiger partial charge on any atom is -0.300 e. The summed E-state index contributed by atoms with van der Waals surface area (Å²) >= 11 is 0. The Morgan fingerprint density at radius 1 is 1.07 bits per heavy atom. The number of carbonyl (C=O) groups is 1. The molecular weight excluding hydrogens is 172 g/mol. The Bertz CT molecular complexity index is 355. The summed E-state index contributed by atoms with van der Waals surface area (Å²) in [6, 6.07) is 10.6. The first-order valence-corrected chi connectivity index (χ1v) is 5.41. The SMILES string of the molecule is O=C1C[C@H]2C[C@H](c3ccccc3)[C@H]2C1. The molecule has 1 aromatic rings. The molecule has 2 aliphatic rings. The Kier molecular flexibility index (Phi) is 1.73. The summed E-state index contributed by atoms with van der Waals surface area (Å²) in [5.41, 5.74) is 1.43. The van der Waals surface area contributed by atoms with Crippen LogP contribution in [-0.2, 0) is 4.79 Å². The maximum Gasteiger partial charge on any atom is 0.133 e. The van der Waals surface area contributed by atoms with Crippen molar-refractivity contribution >= 4 is 5.78 Å². The van der Waals surface area contributed by atoms with Crippen LogP contribution >= 0.6 is 0 Å². The van der Waals surface area contributed by atoms with Crippen molar-refractivity contribution < 1.29 is 4.79 Å². The van der Waals surface area contributed by atoms with Crippen molar-refractivity contribution in [2.45, 2.75) is 25.2 Å². The van der Waals surface area contributed by atoms with Crippen LogP contribution in [0.5, 0.6) is 0 Å². The van der Waals surface area contributed by atoms with E-state index in [0.717, 1.165) is 12.8 Å². The van der Waals surface area contributed by atoms with Gasteiger partial charge in [-0.2, -0.15) is 0 Å². The number of Topliss-reactive ketones (excluding diaryl/α,β-unsaturated/α-hetero) is 1. The number of benzene rings is 1. The van der Waals surface area contributed by atoms with Gasteiger partial charge in [0.2, 0.25) is 0 Å². The summed E-state index contributed by atoms with van der Waals surface area (Å²) in [6.07, 6.45) is 2.93. The molecule has 2 saturated carbocycles. The van der Waals surface area contributed by atoms with E-state index in [4.69, 9.17) is 0 Å². The highest BCUT2D eigenvalue weighted by Crippen LogP contribution is 2.54. The van der Waals surface area contributed by atoms with E-state index in [0.29, 0.717) is 23.5 Å². The monoisotopic (exact) mass is 186 g/mol. The largest absolute Gasteiger partial charge is 0.300 e. The second-order valence-electron chi connectivity index (χ2n) is 4.62. The van der Waals surface area contributed by atoms with Crippen LogP contribution in [0.1, 0.15) is 30.7 Å². The summed E-state index contributed by atoms with van der Waals surface area (Å²) in [4.78, 5) is 11.3. The van der Waals surface area contributed by atoms with E-state index in [1.807, 2.05) is 0 Å². The molecule has 0 bridgehead atoms. The number of carbonyl (C=O) groups excluding carboxylic acids is 1.